The van der Waals surface area contributed by atoms with Gasteiger partial charge in [0.15, 0.2) is 5.78 Å². The number of anilines is 1. The lowest BCUT2D eigenvalue weighted by molar-refractivity contribution is -0.126. The predicted octanol–water partition coefficient (Wildman–Crippen LogP) is 2.29. The van der Waals surface area contributed by atoms with Crippen LogP contribution in [-0.2, 0) is 4.79 Å². The smallest absolute Gasteiger partial charge is 0.332 e. The van der Waals surface area contributed by atoms with Crippen molar-refractivity contribution in [3.63, 3.8) is 0 Å². The summed E-state index contributed by atoms with van der Waals surface area (Å²) in [6.45, 7) is 2.71. The van der Waals surface area contributed by atoms with Crippen LogP contribution in [-0.4, -0.2) is 64.1 Å². The first kappa shape index (κ1) is 18.9. The fraction of sp³-hybridized carbons (Fsp3) is 0.333. The molecule has 2 fully saturated rings. The summed E-state index contributed by atoms with van der Waals surface area (Å²) >= 11 is 0. The number of carbonyl (C=O) groups is 4. The first-order chi connectivity index (χ1) is 14.0. The number of amides is 4. The maximum absolute atomic E-state index is 12.8. The zero-order valence-electron chi connectivity index (χ0n) is 16.1. The molecule has 0 unspecified atom stereocenters. The van der Waals surface area contributed by atoms with E-state index in [0.717, 1.165) is 17.7 Å². The lowest BCUT2D eigenvalue weighted by atomic mass is 10.2. The number of rotatable bonds is 5. The average molecular weight is 394 g/mol. The van der Waals surface area contributed by atoms with Gasteiger partial charge in [0.1, 0.15) is 11.7 Å². The molecule has 3 heterocycles. The van der Waals surface area contributed by atoms with E-state index in [2.05, 4.69) is 4.98 Å². The Morgan fingerprint density at radius 3 is 2.48 bits per heavy atom. The van der Waals surface area contributed by atoms with Crippen molar-refractivity contribution >= 4 is 29.3 Å². The molecule has 2 aromatic rings. The van der Waals surface area contributed by atoms with Crippen molar-refractivity contribution in [3.8, 4) is 0 Å². The highest BCUT2D eigenvalue weighted by molar-refractivity contribution is 6.16. The number of ketones is 1. The van der Waals surface area contributed by atoms with Gasteiger partial charge in [-0.05, 0) is 38.0 Å². The van der Waals surface area contributed by atoms with Crippen LogP contribution >= 0.6 is 0 Å². The van der Waals surface area contributed by atoms with Gasteiger partial charge in [0.2, 0.25) is 0 Å². The fourth-order valence-electron chi connectivity index (χ4n) is 3.80. The third-order valence-corrected chi connectivity index (χ3v) is 5.41. The Kier molecular flexibility index (Phi) is 4.92. The van der Waals surface area contributed by atoms with Crippen molar-refractivity contribution in [1.29, 1.82) is 0 Å². The topological polar surface area (TPSA) is 93.8 Å². The minimum Gasteiger partial charge on any atom is -0.356 e. The highest BCUT2D eigenvalue weighted by atomic mass is 16.2. The first-order valence-electron chi connectivity index (χ1n) is 9.68. The number of urea groups is 1. The molecule has 4 amide bonds. The maximum Gasteiger partial charge on any atom is 0.332 e. The predicted molar refractivity (Wildman–Crippen MR) is 106 cm³/mol. The van der Waals surface area contributed by atoms with E-state index in [1.54, 1.807) is 36.1 Å². The lowest BCUT2D eigenvalue weighted by Crippen LogP contribution is -2.37. The number of H-pyrrole nitrogens is 1. The Hall–Kier alpha value is -3.42. The molecule has 2 saturated heterocycles. The number of nitrogens with one attached hydrogen (secondary N) is 1. The number of aromatic nitrogens is 1. The van der Waals surface area contributed by atoms with E-state index in [4.69, 9.17) is 0 Å². The second-order valence-electron chi connectivity index (χ2n) is 7.31. The van der Waals surface area contributed by atoms with Gasteiger partial charge in [-0.2, -0.15) is 0 Å². The summed E-state index contributed by atoms with van der Waals surface area (Å²) in [6.07, 6.45) is 3.41. The Morgan fingerprint density at radius 2 is 1.79 bits per heavy atom. The van der Waals surface area contributed by atoms with Gasteiger partial charge in [-0.1, -0.05) is 18.2 Å². The van der Waals surface area contributed by atoms with E-state index >= 15 is 0 Å². The summed E-state index contributed by atoms with van der Waals surface area (Å²) in [6, 6.07) is 9.17. The van der Waals surface area contributed by atoms with Crippen molar-refractivity contribution in [1.82, 2.24) is 14.8 Å². The SMILES string of the molecule is C[C@@H]1C(=O)N(CC(=O)c2c[nH]c(C(=O)N3CCCC3)c2)C(=O)N1c1ccccc1. The molecule has 0 spiro atoms. The van der Waals surface area contributed by atoms with Gasteiger partial charge < -0.3 is 9.88 Å². The number of carbonyl (C=O) groups excluding carboxylic acids is 4. The van der Waals surface area contributed by atoms with Crippen LogP contribution in [0.5, 0.6) is 0 Å². The Bertz CT molecular complexity index is 962. The molecule has 0 saturated carbocycles. The van der Waals surface area contributed by atoms with Crippen molar-refractivity contribution < 1.29 is 19.2 Å². The van der Waals surface area contributed by atoms with Crippen LogP contribution in [0.2, 0.25) is 0 Å². The molecule has 2 aliphatic rings. The fourth-order valence-corrected chi connectivity index (χ4v) is 3.80. The second-order valence-corrected chi connectivity index (χ2v) is 7.31. The van der Waals surface area contributed by atoms with E-state index in [1.165, 1.54) is 17.2 Å². The van der Waals surface area contributed by atoms with Crippen molar-refractivity contribution in [2.45, 2.75) is 25.8 Å². The van der Waals surface area contributed by atoms with Gasteiger partial charge in [0.25, 0.3) is 11.8 Å². The minimum absolute atomic E-state index is 0.140. The number of likely N-dealkylation sites (tertiary alicyclic amines) is 1. The molecule has 8 nitrogen and oxygen atoms in total. The van der Waals surface area contributed by atoms with Gasteiger partial charge in [-0.25, -0.2) is 4.79 Å². The molecule has 1 atom stereocenters. The molecule has 150 valence electrons. The van der Waals surface area contributed by atoms with E-state index < -0.39 is 23.8 Å². The van der Waals surface area contributed by atoms with Crippen LogP contribution < -0.4 is 4.90 Å². The third kappa shape index (κ3) is 3.41. The van der Waals surface area contributed by atoms with Crippen LogP contribution in [0.4, 0.5) is 10.5 Å². The van der Waals surface area contributed by atoms with E-state index in [0.29, 0.717) is 24.5 Å². The third-order valence-electron chi connectivity index (χ3n) is 5.41. The van der Waals surface area contributed by atoms with E-state index in [-0.39, 0.29) is 18.0 Å². The summed E-state index contributed by atoms with van der Waals surface area (Å²) in [7, 11) is 0. The molecule has 0 aliphatic carbocycles. The van der Waals surface area contributed by atoms with Gasteiger partial charge in [0, 0.05) is 30.5 Å². The number of hydrogen-bond donors (Lipinski definition) is 1. The van der Waals surface area contributed by atoms with Crippen molar-refractivity contribution in [2.75, 3.05) is 24.5 Å². The standard InChI is InChI=1S/C21H22N4O4/c1-14-19(27)24(21(29)25(14)16-7-3-2-4-8-16)13-18(26)15-11-17(22-12-15)20(28)23-9-5-6-10-23/h2-4,7-8,11-12,14,22H,5-6,9-10,13H2,1H3/t14-/m1/s1. The lowest BCUT2D eigenvalue weighted by Gasteiger charge is -2.19. The van der Waals surface area contributed by atoms with Crippen molar-refractivity contribution in [2.24, 2.45) is 0 Å². The molecule has 29 heavy (non-hydrogen) atoms. The van der Waals surface area contributed by atoms with Gasteiger partial charge in [0.05, 0.1) is 6.54 Å². The molecular formula is C21H22N4O4. The first-order valence-corrected chi connectivity index (χ1v) is 9.68. The van der Waals surface area contributed by atoms with E-state index in [9.17, 15) is 19.2 Å². The quantitative estimate of drug-likeness (QED) is 0.622. The molecule has 0 bridgehead atoms. The molecule has 0 radical (unpaired) electrons. The normalized spacial score (nSPS) is 19.3. The zero-order valence-corrected chi connectivity index (χ0v) is 16.1. The Balaban J connectivity index is 1.48. The number of nitrogens with zero attached hydrogens (tertiary/aromatic N) is 3. The maximum atomic E-state index is 12.8. The summed E-state index contributed by atoms with van der Waals surface area (Å²) < 4.78 is 0. The molecule has 1 N–H and O–H groups in total. The molecule has 8 heteroatoms. The van der Waals surface area contributed by atoms with Gasteiger partial charge in [-0.3, -0.25) is 24.2 Å². The van der Waals surface area contributed by atoms with Gasteiger partial charge in [-0.15, -0.1) is 0 Å². The van der Waals surface area contributed by atoms with Crippen LogP contribution in [0.25, 0.3) is 0 Å². The number of Topliss-reactive ketones (excluding diaryl/α,β-unsaturated/α-hetero) is 1. The second kappa shape index (κ2) is 7.54. The zero-order chi connectivity index (χ0) is 20.5. The van der Waals surface area contributed by atoms with Crippen LogP contribution in [0.15, 0.2) is 42.6 Å². The van der Waals surface area contributed by atoms with Crippen LogP contribution in [0, 0.1) is 0 Å². The summed E-state index contributed by atoms with van der Waals surface area (Å²) in [5.41, 5.74) is 1.22. The highest BCUT2D eigenvalue weighted by Crippen LogP contribution is 2.25. The number of para-hydroxylation sites is 1. The van der Waals surface area contributed by atoms with Crippen molar-refractivity contribution in [3.05, 3.63) is 53.9 Å². The number of benzene rings is 1. The Labute approximate surface area is 168 Å². The average Bonchev–Trinajstić information content (AvgIpc) is 3.47. The minimum atomic E-state index is -0.684. The molecule has 4 rings (SSSR count). The summed E-state index contributed by atoms with van der Waals surface area (Å²) in [5.74, 6) is -0.958. The summed E-state index contributed by atoms with van der Waals surface area (Å²) in [4.78, 5) is 57.4. The van der Waals surface area contributed by atoms with Crippen LogP contribution in [0.1, 0.15) is 40.6 Å². The highest BCUT2D eigenvalue weighted by Gasteiger charge is 2.44. The number of aromatic amines is 1. The molecule has 1 aromatic heterocycles. The number of imide groups is 1. The summed E-state index contributed by atoms with van der Waals surface area (Å²) in [5, 5.41) is 0. The molecular weight excluding hydrogens is 372 g/mol. The molecule has 2 aliphatic heterocycles. The number of hydrogen-bond acceptors (Lipinski definition) is 4. The molecule has 1 aromatic carbocycles. The Morgan fingerprint density at radius 1 is 1.10 bits per heavy atom. The monoisotopic (exact) mass is 394 g/mol. The van der Waals surface area contributed by atoms with E-state index in [1.807, 2.05) is 6.07 Å². The van der Waals surface area contributed by atoms with Crippen LogP contribution in [0.3, 0.4) is 0 Å². The largest absolute Gasteiger partial charge is 0.356 e. The van der Waals surface area contributed by atoms with Gasteiger partial charge >= 0.3 is 6.03 Å².